The summed E-state index contributed by atoms with van der Waals surface area (Å²) in [5.41, 5.74) is 5.56. The van der Waals surface area contributed by atoms with Gasteiger partial charge in [-0.1, -0.05) is 20.8 Å². The standard InChI is InChI=1S/C9H18N2O3/c1-4-6(9(13)14)11-8(12)7(10)5(2)3/h5-7H,4,10H2,1-3H3,(H,11,12)(H,13,14)/t6?,7-/m0/s1. The van der Waals surface area contributed by atoms with Crippen LogP contribution in [0, 0.1) is 5.92 Å². The van der Waals surface area contributed by atoms with E-state index < -0.39 is 24.0 Å². The normalized spacial score (nSPS) is 14.9. The predicted molar refractivity (Wildman–Crippen MR) is 52.7 cm³/mol. The maximum atomic E-state index is 11.4. The number of rotatable bonds is 5. The minimum absolute atomic E-state index is 0.00120. The molecule has 0 aliphatic heterocycles. The number of amides is 1. The number of carbonyl (C=O) groups excluding carboxylic acids is 1. The van der Waals surface area contributed by atoms with Crippen molar-refractivity contribution in [3.63, 3.8) is 0 Å². The second-order valence-corrected chi connectivity index (χ2v) is 3.58. The van der Waals surface area contributed by atoms with Crippen molar-refractivity contribution in [2.75, 3.05) is 0 Å². The van der Waals surface area contributed by atoms with Gasteiger partial charge >= 0.3 is 5.97 Å². The zero-order valence-electron chi connectivity index (χ0n) is 8.78. The van der Waals surface area contributed by atoms with E-state index in [9.17, 15) is 9.59 Å². The van der Waals surface area contributed by atoms with Gasteiger partial charge in [0.05, 0.1) is 6.04 Å². The number of hydrogen-bond donors (Lipinski definition) is 3. The summed E-state index contributed by atoms with van der Waals surface area (Å²) < 4.78 is 0. The summed E-state index contributed by atoms with van der Waals surface area (Å²) in [4.78, 5) is 22.0. The second kappa shape index (κ2) is 5.59. The van der Waals surface area contributed by atoms with Gasteiger partial charge in [0.25, 0.3) is 0 Å². The van der Waals surface area contributed by atoms with Crippen LogP contribution in [0.3, 0.4) is 0 Å². The molecule has 14 heavy (non-hydrogen) atoms. The topological polar surface area (TPSA) is 92.4 Å². The van der Waals surface area contributed by atoms with Crippen molar-refractivity contribution in [2.45, 2.75) is 39.3 Å². The molecule has 5 heteroatoms. The van der Waals surface area contributed by atoms with Crippen LogP contribution in [0.5, 0.6) is 0 Å². The first kappa shape index (κ1) is 12.9. The number of aliphatic carboxylic acids is 1. The van der Waals surface area contributed by atoms with E-state index in [1.807, 2.05) is 13.8 Å². The summed E-state index contributed by atoms with van der Waals surface area (Å²) in [6, 6.07) is -1.49. The molecular weight excluding hydrogens is 184 g/mol. The molecule has 0 aliphatic rings. The minimum Gasteiger partial charge on any atom is -0.480 e. The predicted octanol–water partition coefficient (Wildman–Crippen LogP) is -0.0509. The van der Waals surface area contributed by atoms with E-state index in [0.717, 1.165) is 0 Å². The van der Waals surface area contributed by atoms with Crippen molar-refractivity contribution >= 4 is 11.9 Å². The lowest BCUT2D eigenvalue weighted by Gasteiger charge is -2.18. The van der Waals surface area contributed by atoms with Crippen LogP contribution >= 0.6 is 0 Å². The zero-order chi connectivity index (χ0) is 11.3. The number of carboxylic acid groups (broad SMARTS) is 1. The lowest BCUT2D eigenvalue weighted by atomic mass is 10.0. The summed E-state index contributed by atoms with van der Waals surface area (Å²) >= 11 is 0. The minimum atomic E-state index is -1.03. The molecule has 0 aromatic rings. The molecule has 0 aromatic heterocycles. The maximum Gasteiger partial charge on any atom is 0.326 e. The molecule has 0 radical (unpaired) electrons. The Hall–Kier alpha value is -1.10. The van der Waals surface area contributed by atoms with E-state index >= 15 is 0 Å². The fourth-order valence-corrected chi connectivity index (χ4v) is 0.909. The quantitative estimate of drug-likeness (QED) is 0.582. The number of hydrogen-bond acceptors (Lipinski definition) is 3. The number of nitrogens with two attached hydrogens (primary N) is 1. The van der Waals surface area contributed by atoms with E-state index in [1.165, 1.54) is 0 Å². The van der Waals surface area contributed by atoms with Gasteiger partial charge in [-0.05, 0) is 12.3 Å². The van der Waals surface area contributed by atoms with Crippen molar-refractivity contribution in [2.24, 2.45) is 11.7 Å². The average Bonchev–Trinajstić information content (AvgIpc) is 2.11. The van der Waals surface area contributed by atoms with Crippen molar-refractivity contribution < 1.29 is 14.7 Å². The molecule has 5 nitrogen and oxygen atoms in total. The van der Waals surface area contributed by atoms with Gasteiger partial charge in [0.1, 0.15) is 6.04 Å². The Balaban J connectivity index is 4.22. The van der Waals surface area contributed by atoms with E-state index in [0.29, 0.717) is 6.42 Å². The third-order valence-corrected chi connectivity index (χ3v) is 2.04. The summed E-state index contributed by atoms with van der Waals surface area (Å²) in [6.07, 6.45) is 0.353. The molecule has 4 N–H and O–H groups in total. The monoisotopic (exact) mass is 202 g/mol. The van der Waals surface area contributed by atoms with Crippen molar-refractivity contribution in [1.82, 2.24) is 5.32 Å². The molecule has 1 amide bonds. The fraction of sp³-hybridized carbons (Fsp3) is 0.778. The molecule has 0 saturated carbocycles. The number of carboxylic acids is 1. The van der Waals surface area contributed by atoms with E-state index in [-0.39, 0.29) is 5.92 Å². The third-order valence-electron chi connectivity index (χ3n) is 2.04. The Morgan fingerprint density at radius 3 is 2.21 bits per heavy atom. The van der Waals surface area contributed by atoms with Crippen LogP contribution in [0.25, 0.3) is 0 Å². The van der Waals surface area contributed by atoms with Crippen LogP contribution in [0.2, 0.25) is 0 Å². The molecule has 0 aromatic carbocycles. The van der Waals surface area contributed by atoms with Gasteiger partial charge in [0.15, 0.2) is 0 Å². The Bertz CT molecular complexity index is 216. The van der Waals surface area contributed by atoms with Gasteiger partial charge in [-0.3, -0.25) is 4.79 Å². The van der Waals surface area contributed by atoms with Crippen LogP contribution in [-0.2, 0) is 9.59 Å². The van der Waals surface area contributed by atoms with Gasteiger partial charge in [0.2, 0.25) is 5.91 Å². The molecule has 0 bridgehead atoms. The first-order valence-corrected chi connectivity index (χ1v) is 4.68. The Morgan fingerprint density at radius 2 is 1.93 bits per heavy atom. The molecular formula is C9H18N2O3. The van der Waals surface area contributed by atoms with Crippen LogP contribution in [0.15, 0.2) is 0 Å². The largest absolute Gasteiger partial charge is 0.480 e. The number of nitrogens with one attached hydrogen (secondary N) is 1. The van der Waals surface area contributed by atoms with Gasteiger partial charge in [-0.25, -0.2) is 4.79 Å². The molecule has 0 aliphatic carbocycles. The van der Waals surface area contributed by atoms with Crippen LogP contribution in [0.1, 0.15) is 27.2 Å². The third kappa shape index (κ3) is 3.74. The molecule has 0 saturated heterocycles. The van der Waals surface area contributed by atoms with E-state index in [4.69, 9.17) is 10.8 Å². The molecule has 0 fully saturated rings. The molecule has 0 heterocycles. The number of carbonyl (C=O) groups is 2. The highest BCUT2D eigenvalue weighted by Gasteiger charge is 2.23. The van der Waals surface area contributed by atoms with E-state index in [2.05, 4.69) is 5.32 Å². The lowest BCUT2D eigenvalue weighted by Crippen LogP contribution is -2.50. The molecule has 1 unspecified atom stereocenters. The van der Waals surface area contributed by atoms with Gasteiger partial charge < -0.3 is 16.2 Å². The van der Waals surface area contributed by atoms with Gasteiger partial charge in [-0.15, -0.1) is 0 Å². The second-order valence-electron chi connectivity index (χ2n) is 3.58. The van der Waals surface area contributed by atoms with Crippen LogP contribution < -0.4 is 11.1 Å². The summed E-state index contributed by atoms with van der Waals surface area (Å²) in [7, 11) is 0. The first-order valence-electron chi connectivity index (χ1n) is 4.68. The molecule has 2 atom stereocenters. The first-order chi connectivity index (χ1) is 6.40. The molecule has 82 valence electrons. The van der Waals surface area contributed by atoms with Crippen molar-refractivity contribution in [1.29, 1.82) is 0 Å². The van der Waals surface area contributed by atoms with Crippen LogP contribution in [0.4, 0.5) is 0 Å². The SMILES string of the molecule is CCC(NC(=O)[C@@H](N)C(C)C)C(=O)O. The highest BCUT2D eigenvalue weighted by molar-refractivity contribution is 5.86. The van der Waals surface area contributed by atoms with Gasteiger partial charge in [0, 0.05) is 0 Å². The fourth-order valence-electron chi connectivity index (χ4n) is 0.909. The van der Waals surface area contributed by atoms with Crippen molar-refractivity contribution in [3.8, 4) is 0 Å². The Labute approximate surface area is 83.7 Å². The van der Waals surface area contributed by atoms with Gasteiger partial charge in [-0.2, -0.15) is 0 Å². The highest BCUT2D eigenvalue weighted by Crippen LogP contribution is 1.99. The zero-order valence-corrected chi connectivity index (χ0v) is 8.78. The highest BCUT2D eigenvalue weighted by atomic mass is 16.4. The maximum absolute atomic E-state index is 11.4. The average molecular weight is 202 g/mol. The van der Waals surface area contributed by atoms with Crippen LogP contribution in [-0.4, -0.2) is 29.1 Å². The summed E-state index contributed by atoms with van der Waals surface area (Å²) in [6.45, 7) is 5.32. The smallest absolute Gasteiger partial charge is 0.326 e. The summed E-state index contributed by atoms with van der Waals surface area (Å²) in [5, 5.41) is 11.1. The Kier molecular flexibility index (Phi) is 5.15. The van der Waals surface area contributed by atoms with Crippen molar-refractivity contribution in [3.05, 3.63) is 0 Å². The van der Waals surface area contributed by atoms with E-state index in [1.54, 1.807) is 6.92 Å². The lowest BCUT2D eigenvalue weighted by molar-refractivity contribution is -0.142. The molecule has 0 rings (SSSR count). The molecule has 0 spiro atoms. The Morgan fingerprint density at radius 1 is 1.43 bits per heavy atom. The summed E-state index contributed by atoms with van der Waals surface area (Å²) in [5.74, 6) is -1.44.